The van der Waals surface area contributed by atoms with Gasteiger partial charge in [-0.05, 0) is 30.9 Å². The van der Waals surface area contributed by atoms with Crippen molar-refractivity contribution in [3.05, 3.63) is 52.5 Å². The lowest BCUT2D eigenvalue weighted by Gasteiger charge is -2.14. The Morgan fingerprint density at radius 1 is 1.26 bits per heavy atom. The van der Waals surface area contributed by atoms with Crippen LogP contribution in [-0.2, 0) is 16.6 Å². The summed E-state index contributed by atoms with van der Waals surface area (Å²) in [6.07, 6.45) is 2.89. The van der Waals surface area contributed by atoms with Crippen molar-refractivity contribution < 1.29 is 14.2 Å². The molecule has 0 spiro atoms. The highest BCUT2D eigenvalue weighted by atomic mass is 32.2. The van der Waals surface area contributed by atoms with E-state index in [-0.39, 0.29) is 10.8 Å². The fourth-order valence-corrected chi connectivity index (χ4v) is 2.76. The second-order valence-electron chi connectivity index (χ2n) is 3.96. The Kier molecular flexibility index (Phi) is 3.77. The van der Waals surface area contributed by atoms with Crippen LogP contribution in [0.25, 0.3) is 4.72 Å². The molecular weight excluding hydrogens is 264 g/mol. The maximum Gasteiger partial charge on any atom is 0.229 e. The number of hydrogen-bond donors (Lipinski definition) is 1. The highest BCUT2D eigenvalue weighted by molar-refractivity contribution is 7.94. The summed E-state index contributed by atoms with van der Waals surface area (Å²) in [6, 6.07) is 6.78. The summed E-state index contributed by atoms with van der Waals surface area (Å²) in [4.78, 5) is 7.75. The van der Waals surface area contributed by atoms with E-state index < -0.39 is 10.0 Å². The van der Waals surface area contributed by atoms with E-state index in [4.69, 9.17) is 0 Å². The largest absolute Gasteiger partial charge is 0.366 e. The Morgan fingerprint density at radius 2 is 1.95 bits per heavy atom. The first-order valence-corrected chi connectivity index (χ1v) is 7.11. The van der Waals surface area contributed by atoms with Crippen molar-refractivity contribution in [3.8, 4) is 0 Å². The highest BCUT2D eigenvalue weighted by Gasteiger charge is 2.15. The molecule has 1 heterocycles. The molecule has 0 saturated heterocycles. The Balaban J connectivity index is 2.39. The van der Waals surface area contributed by atoms with E-state index in [2.05, 4.69) is 20.4 Å². The molecule has 0 aliphatic rings. The zero-order valence-corrected chi connectivity index (χ0v) is 11.3. The molecule has 0 aliphatic heterocycles. The molecule has 0 saturated carbocycles. The van der Waals surface area contributed by atoms with Crippen LogP contribution in [0, 0.1) is 6.92 Å². The first-order valence-electron chi connectivity index (χ1n) is 5.67. The van der Waals surface area contributed by atoms with Crippen LogP contribution in [-0.4, -0.2) is 18.4 Å². The van der Waals surface area contributed by atoms with Gasteiger partial charge < -0.3 is 15.7 Å². The van der Waals surface area contributed by atoms with Crippen molar-refractivity contribution >= 4 is 16.0 Å². The molecular formula is C12H14N4O2S. The molecule has 0 aliphatic carbocycles. The van der Waals surface area contributed by atoms with E-state index in [1.807, 2.05) is 6.07 Å². The molecule has 3 N–H and O–H groups in total. The zero-order chi connectivity index (χ0) is 13.9. The van der Waals surface area contributed by atoms with Crippen molar-refractivity contribution in [2.45, 2.75) is 18.4 Å². The Bertz CT molecular complexity index is 671. The van der Waals surface area contributed by atoms with Crippen LogP contribution in [0.1, 0.15) is 11.1 Å². The second kappa shape index (κ2) is 5.33. The molecule has 1 aromatic carbocycles. The van der Waals surface area contributed by atoms with E-state index in [0.29, 0.717) is 12.1 Å². The maximum absolute atomic E-state index is 12.2. The van der Waals surface area contributed by atoms with Crippen molar-refractivity contribution in [3.63, 3.8) is 0 Å². The lowest BCUT2D eigenvalue weighted by atomic mass is 10.1. The standard InChI is InChI=1S/C12H13N4O2S/c1-9-3-4-10(8-13)7-11(9)19(17,18)16-12-14-5-2-6-15-12/h2-7H,8,13H2,1H3/q-1/p+1. The SMILES string of the molecule is Cc1ccc(C[NH3+])cc1S(=O)(=O)[N-]c1ncccn1. The molecule has 0 amide bonds. The van der Waals surface area contributed by atoms with Gasteiger partial charge in [-0.25, -0.2) is 8.42 Å². The fraction of sp³-hybridized carbons (Fsp3) is 0.167. The van der Waals surface area contributed by atoms with Crippen LogP contribution in [0.3, 0.4) is 0 Å². The van der Waals surface area contributed by atoms with Gasteiger partial charge in [-0.1, -0.05) is 18.2 Å². The Labute approximate surface area is 111 Å². The normalized spacial score (nSPS) is 11.3. The van der Waals surface area contributed by atoms with Gasteiger partial charge in [-0.2, -0.15) is 0 Å². The average Bonchev–Trinajstić information content (AvgIpc) is 2.39. The van der Waals surface area contributed by atoms with E-state index in [0.717, 1.165) is 5.56 Å². The minimum atomic E-state index is -3.80. The Morgan fingerprint density at radius 3 is 2.58 bits per heavy atom. The first-order chi connectivity index (χ1) is 9.03. The lowest BCUT2D eigenvalue weighted by Crippen LogP contribution is -2.47. The summed E-state index contributed by atoms with van der Waals surface area (Å²) in [7, 11) is -3.80. The predicted molar refractivity (Wildman–Crippen MR) is 70.0 cm³/mol. The van der Waals surface area contributed by atoms with Gasteiger partial charge in [0.05, 0.1) is 11.4 Å². The number of sulfonamides is 1. The minimum absolute atomic E-state index is 0.0677. The van der Waals surface area contributed by atoms with Gasteiger partial charge in [0.25, 0.3) is 0 Å². The van der Waals surface area contributed by atoms with Crippen molar-refractivity contribution in [2.24, 2.45) is 0 Å². The van der Waals surface area contributed by atoms with Crippen molar-refractivity contribution in [1.29, 1.82) is 0 Å². The summed E-state index contributed by atoms with van der Waals surface area (Å²) in [6.45, 7) is 2.24. The molecule has 6 nitrogen and oxygen atoms in total. The molecule has 7 heteroatoms. The van der Waals surface area contributed by atoms with E-state index in [9.17, 15) is 8.42 Å². The minimum Gasteiger partial charge on any atom is -0.366 e. The Hall–Kier alpha value is -1.99. The third kappa shape index (κ3) is 3.07. The third-order valence-electron chi connectivity index (χ3n) is 2.57. The van der Waals surface area contributed by atoms with Crippen LogP contribution in [0.15, 0.2) is 41.6 Å². The predicted octanol–water partition coefficient (Wildman–Crippen LogP) is 0.921. The second-order valence-corrected chi connectivity index (χ2v) is 5.54. The molecule has 0 fully saturated rings. The van der Waals surface area contributed by atoms with E-state index in [1.54, 1.807) is 25.1 Å². The molecule has 0 bridgehead atoms. The number of benzene rings is 1. The zero-order valence-electron chi connectivity index (χ0n) is 10.4. The van der Waals surface area contributed by atoms with E-state index >= 15 is 0 Å². The number of nitrogens with zero attached hydrogens (tertiary/aromatic N) is 3. The molecule has 100 valence electrons. The molecule has 0 radical (unpaired) electrons. The van der Waals surface area contributed by atoms with Crippen LogP contribution in [0.5, 0.6) is 0 Å². The molecule has 0 atom stereocenters. The van der Waals surface area contributed by atoms with Gasteiger partial charge in [0, 0.05) is 11.5 Å². The van der Waals surface area contributed by atoms with E-state index in [1.165, 1.54) is 12.4 Å². The van der Waals surface area contributed by atoms with Crippen LogP contribution >= 0.6 is 0 Å². The first kappa shape index (κ1) is 13.4. The summed E-state index contributed by atoms with van der Waals surface area (Å²) in [5.74, 6) is -0.0677. The fourth-order valence-electron chi connectivity index (χ4n) is 1.57. The summed E-state index contributed by atoms with van der Waals surface area (Å²) < 4.78 is 28.1. The monoisotopic (exact) mass is 278 g/mol. The van der Waals surface area contributed by atoms with Gasteiger partial charge >= 0.3 is 0 Å². The molecule has 2 rings (SSSR count). The molecule has 1 aromatic heterocycles. The highest BCUT2D eigenvalue weighted by Crippen LogP contribution is 2.26. The topological polar surface area (TPSA) is 102 Å². The van der Waals surface area contributed by atoms with Crippen molar-refractivity contribution in [1.82, 2.24) is 9.97 Å². The summed E-state index contributed by atoms with van der Waals surface area (Å²) in [5.41, 5.74) is 5.22. The van der Waals surface area contributed by atoms with Gasteiger partial charge in [-0.3, -0.25) is 4.72 Å². The number of aromatic nitrogens is 2. The van der Waals surface area contributed by atoms with Crippen LogP contribution in [0.2, 0.25) is 0 Å². The number of hydrogen-bond acceptors (Lipinski definition) is 4. The van der Waals surface area contributed by atoms with Crippen LogP contribution in [0.4, 0.5) is 5.95 Å². The average molecular weight is 278 g/mol. The quantitative estimate of drug-likeness (QED) is 0.898. The van der Waals surface area contributed by atoms with Gasteiger partial charge in [0.1, 0.15) is 0 Å². The lowest BCUT2D eigenvalue weighted by molar-refractivity contribution is -0.386. The summed E-state index contributed by atoms with van der Waals surface area (Å²) >= 11 is 0. The third-order valence-corrected chi connectivity index (χ3v) is 3.97. The van der Waals surface area contributed by atoms with Crippen LogP contribution < -0.4 is 5.73 Å². The smallest absolute Gasteiger partial charge is 0.229 e. The molecule has 0 unspecified atom stereocenters. The number of quaternary nitrogens is 1. The molecule has 2 aromatic rings. The summed E-state index contributed by atoms with van der Waals surface area (Å²) in [5, 5.41) is 0. The maximum atomic E-state index is 12.2. The van der Waals surface area contributed by atoms with Crippen molar-refractivity contribution in [2.75, 3.05) is 0 Å². The van der Waals surface area contributed by atoms with Gasteiger partial charge in [0.2, 0.25) is 10.0 Å². The van der Waals surface area contributed by atoms with Gasteiger partial charge in [-0.15, -0.1) is 0 Å². The number of rotatable bonds is 4. The van der Waals surface area contributed by atoms with Gasteiger partial charge in [0.15, 0.2) is 0 Å². The number of aryl methyl sites for hydroxylation is 1. The molecule has 19 heavy (non-hydrogen) atoms.